The Hall–Kier alpha value is -1.18. The smallest absolute Gasteiger partial charge is 0.119 e. The molecule has 102 valence electrons. The highest BCUT2D eigenvalue weighted by Gasteiger charge is 2.13. The van der Waals surface area contributed by atoms with E-state index in [0.717, 1.165) is 36.8 Å². The quantitative estimate of drug-likeness (QED) is 0.740. The van der Waals surface area contributed by atoms with Crippen LogP contribution in [0.25, 0.3) is 0 Å². The van der Waals surface area contributed by atoms with E-state index in [1.54, 1.807) is 12.1 Å². The normalized spacial score (nSPS) is 11.4. The first-order valence-corrected chi connectivity index (χ1v) is 6.94. The fourth-order valence-electron chi connectivity index (χ4n) is 2.09. The number of rotatable bonds is 6. The standard InChI is InChI=1S/C16H26O2/c1-11(2)5-7-13-14(8-6-12(3)4)16(18)10-9-15(13)17/h9-12,17-18H,5-8H2,1-4H3. The monoisotopic (exact) mass is 250 g/mol. The van der Waals surface area contributed by atoms with E-state index in [4.69, 9.17) is 0 Å². The molecule has 0 radical (unpaired) electrons. The average molecular weight is 250 g/mol. The Kier molecular flexibility index (Phi) is 5.52. The molecule has 0 aliphatic heterocycles. The highest BCUT2D eigenvalue weighted by molar-refractivity contribution is 5.47. The van der Waals surface area contributed by atoms with Gasteiger partial charge >= 0.3 is 0 Å². The molecule has 1 rings (SSSR count). The van der Waals surface area contributed by atoms with Crippen molar-refractivity contribution in [1.82, 2.24) is 0 Å². The third kappa shape index (κ3) is 4.25. The number of phenolic OH excluding ortho intramolecular Hbond substituents is 2. The zero-order chi connectivity index (χ0) is 13.7. The van der Waals surface area contributed by atoms with Crippen molar-refractivity contribution in [3.63, 3.8) is 0 Å². The third-order valence-electron chi connectivity index (χ3n) is 3.33. The van der Waals surface area contributed by atoms with E-state index in [9.17, 15) is 10.2 Å². The van der Waals surface area contributed by atoms with Crippen LogP contribution in [0.4, 0.5) is 0 Å². The second-order valence-corrected chi connectivity index (χ2v) is 5.93. The minimum absolute atomic E-state index is 0.326. The van der Waals surface area contributed by atoms with E-state index in [1.165, 1.54) is 0 Å². The van der Waals surface area contributed by atoms with Gasteiger partial charge in [0, 0.05) is 11.1 Å². The maximum Gasteiger partial charge on any atom is 0.119 e. The topological polar surface area (TPSA) is 40.5 Å². The summed E-state index contributed by atoms with van der Waals surface area (Å²) in [5.74, 6) is 1.86. The first kappa shape index (κ1) is 14.9. The van der Waals surface area contributed by atoms with E-state index < -0.39 is 0 Å². The van der Waals surface area contributed by atoms with Crippen LogP contribution in [0.15, 0.2) is 12.1 Å². The van der Waals surface area contributed by atoms with Gasteiger partial charge in [-0.3, -0.25) is 0 Å². The fraction of sp³-hybridized carbons (Fsp3) is 0.625. The summed E-state index contributed by atoms with van der Waals surface area (Å²) in [4.78, 5) is 0. The molecule has 0 aliphatic carbocycles. The number of aromatic hydroxyl groups is 2. The summed E-state index contributed by atoms with van der Waals surface area (Å²) in [6, 6.07) is 3.20. The summed E-state index contributed by atoms with van der Waals surface area (Å²) in [6.07, 6.45) is 3.74. The molecular weight excluding hydrogens is 224 g/mol. The predicted octanol–water partition coefficient (Wildman–Crippen LogP) is 4.28. The molecule has 18 heavy (non-hydrogen) atoms. The van der Waals surface area contributed by atoms with Crippen molar-refractivity contribution in [2.45, 2.75) is 53.4 Å². The van der Waals surface area contributed by atoms with E-state index in [2.05, 4.69) is 27.7 Å². The van der Waals surface area contributed by atoms with Crippen molar-refractivity contribution < 1.29 is 10.2 Å². The number of hydrogen-bond donors (Lipinski definition) is 2. The predicted molar refractivity (Wildman–Crippen MR) is 76.1 cm³/mol. The van der Waals surface area contributed by atoms with Crippen molar-refractivity contribution in [3.05, 3.63) is 23.3 Å². The lowest BCUT2D eigenvalue weighted by Crippen LogP contribution is -2.01. The van der Waals surface area contributed by atoms with Gasteiger partial charge in [-0.25, -0.2) is 0 Å². The zero-order valence-corrected chi connectivity index (χ0v) is 12.0. The van der Waals surface area contributed by atoms with Gasteiger partial charge in [-0.1, -0.05) is 27.7 Å². The number of hydrogen-bond acceptors (Lipinski definition) is 2. The van der Waals surface area contributed by atoms with Gasteiger partial charge in [0.15, 0.2) is 0 Å². The summed E-state index contributed by atoms with van der Waals surface area (Å²) >= 11 is 0. The van der Waals surface area contributed by atoms with E-state index in [0.29, 0.717) is 23.3 Å². The molecule has 2 N–H and O–H groups in total. The van der Waals surface area contributed by atoms with Gasteiger partial charge in [-0.05, 0) is 49.7 Å². The Bertz CT molecular complexity index is 344. The summed E-state index contributed by atoms with van der Waals surface area (Å²) in [5, 5.41) is 20.0. The molecule has 0 saturated carbocycles. The molecule has 0 unspecified atom stereocenters. The van der Waals surface area contributed by atoms with Crippen LogP contribution < -0.4 is 0 Å². The minimum atomic E-state index is 0.326. The molecule has 2 heteroatoms. The summed E-state index contributed by atoms with van der Waals surface area (Å²) in [7, 11) is 0. The molecule has 0 spiro atoms. The summed E-state index contributed by atoms with van der Waals surface area (Å²) in [6.45, 7) is 8.70. The van der Waals surface area contributed by atoms with Crippen molar-refractivity contribution in [3.8, 4) is 11.5 Å². The Morgan fingerprint density at radius 3 is 1.39 bits per heavy atom. The molecule has 2 nitrogen and oxygen atoms in total. The maximum absolute atomic E-state index is 9.98. The van der Waals surface area contributed by atoms with E-state index >= 15 is 0 Å². The average Bonchev–Trinajstić information content (AvgIpc) is 2.28. The van der Waals surface area contributed by atoms with Crippen molar-refractivity contribution in [2.24, 2.45) is 11.8 Å². The Labute approximate surface area is 111 Å². The van der Waals surface area contributed by atoms with Crippen LogP contribution in [-0.2, 0) is 12.8 Å². The molecule has 0 atom stereocenters. The van der Waals surface area contributed by atoms with Crippen molar-refractivity contribution in [2.75, 3.05) is 0 Å². The van der Waals surface area contributed by atoms with Gasteiger partial charge in [0.25, 0.3) is 0 Å². The minimum Gasteiger partial charge on any atom is -0.508 e. The molecule has 1 aromatic rings. The molecule has 0 aliphatic rings. The highest BCUT2D eigenvalue weighted by atomic mass is 16.3. The summed E-state index contributed by atoms with van der Waals surface area (Å²) in [5.41, 5.74) is 1.87. The van der Waals surface area contributed by atoms with Crippen LogP contribution in [0.1, 0.15) is 51.7 Å². The molecule has 0 heterocycles. The first-order valence-electron chi connectivity index (χ1n) is 6.94. The van der Waals surface area contributed by atoms with Crippen LogP contribution in [-0.4, -0.2) is 10.2 Å². The molecule has 0 bridgehead atoms. The van der Waals surface area contributed by atoms with Gasteiger partial charge in [-0.15, -0.1) is 0 Å². The number of phenols is 2. The second kappa shape index (κ2) is 6.67. The van der Waals surface area contributed by atoms with Crippen LogP contribution in [0.2, 0.25) is 0 Å². The molecule has 0 fully saturated rings. The van der Waals surface area contributed by atoms with Gasteiger partial charge < -0.3 is 10.2 Å². The van der Waals surface area contributed by atoms with Gasteiger partial charge in [0.2, 0.25) is 0 Å². The van der Waals surface area contributed by atoms with Crippen molar-refractivity contribution in [1.29, 1.82) is 0 Å². The lowest BCUT2D eigenvalue weighted by Gasteiger charge is -2.15. The fourth-order valence-corrected chi connectivity index (χ4v) is 2.09. The van der Waals surface area contributed by atoms with Gasteiger partial charge in [-0.2, -0.15) is 0 Å². The van der Waals surface area contributed by atoms with Crippen LogP contribution in [0.3, 0.4) is 0 Å². The van der Waals surface area contributed by atoms with E-state index in [-0.39, 0.29) is 0 Å². The molecular formula is C16H26O2. The Morgan fingerprint density at radius 2 is 1.11 bits per heavy atom. The largest absolute Gasteiger partial charge is 0.508 e. The van der Waals surface area contributed by atoms with E-state index in [1.807, 2.05) is 0 Å². The molecule has 0 amide bonds. The SMILES string of the molecule is CC(C)CCc1c(O)ccc(O)c1CCC(C)C. The maximum atomic E-state index is 9.98. The Balaban J connectivity index is 2.93. The zero-order valence-electron chi connectivity index (χ0n) is 12.0. The van der Waals surface area contributed by atoms with Gasteiger partial charge in [0.1, 0.15) is 11.5 Å². The second-order valence-electron chi connectivity index (χ2n) is 5.93. The number of benzene rings is 1. The first-order chi connectivity index (χ1) is 8.41. The lowest BCUT2D eigenvalue weighted by atomic mass is 9.92. The third-order valence-corrected chi connectivity index (χ3v) is 3.33. The lowest BCUT2D eigenvalue weighted by molar-refractivity contribution is 0.440. The molecule has 0 aromatic heterocycles. The van der Waals surface area contributed by atoms with Crippen LogP contribution >= 0.6 is 0 Å². The van der Waals surface area contributed by atoms with Gasteiger partial charge in [0.05, 0.1) is 0 Å². The molecule has 0 saturated heterocycles. The van der Waals surface area contributed by atoms with Crippen molar-refractivity contribution >= 4 is 0 Å². The highest BCUT2D eigenvalue weighted by Crippen LogP contribution is 2.32. The molecule has 1 aromatic carbocycles. The van der Waals surface area contributed by atoms with Crippen LogP contribution in [0.5, 0.6) is 11.5 Å². The Morgan fingerprint density at radius 1 is 0.778 bits per heavy atom. The van der Waals surface area contributed by atoms with Crippen LogP contribution in [0, 0.1) is 11.8 Å². The summed E-state index contributed by atoms with van der Waals surface area (Å²) < 4.78 is 0.